The molecule has 35 heavy (non-hydrogen) atoms. The zero-order valence-electron chi connectivity index (χ0n) is 20.8. The lowest BCUT2D eigenvalue weighted by atomic mass is 9.77. The van der Waals surface area contributed by atoms with Gasteiger partial charge in [-0.25, -0.2) is 4.79 Å². The van der Waals surface area contributed by atoms with E-state index in [1.807, 2.05) is 0 Å². The minimum absolute atomic E-state index is 0.0189. The summed E-state index contributed by atoms with van der Waals surface area (Å²) in [5.41, 5.74) is 1.11. The molecule has 0 N–H and O–H groups in total. The van der Waals surface area contributed by atoms with Gasteiger partial charge in [0.1, 0.15) is 12.4 Å². The summed E-state index contributed by atoms with van der Waals surface area (Å²) in [5.74, 6) is 1.10. The number of hydrogen-bond acceptors (Lipinski definition) is 9. The van der Waals surface area contributed by atoms with Gasteiger partial charge in [0.05, 0.1) is 37.7 Å². The van der Waals surface area contributed by atoms with Crippen LogP contribution in [0.25, 0.3) is 0 Å². The highest BCUT2D eigenvalue weighted by Gasteiger charge is 2.58. The van der Waals surface area contributed by atoms with E-state index >= 15 is 0 Å². The van der Waals surface area contributed by atoms with Crippen molar-refractivity contribution in [3.05, 3.63) is 35.1 Å². The zero-order chi connectivity index (χ0) is 24.8. The van der Waals surface area contributed by atoms with Gasteiger partial charge in [0.2, 0.25) is 6.79 Å². The standard InChI is InChI=1S/C26H33NO8/c1-25(2,34-14-22(29)31-4)13-21(28)35-24-20(30-3)12-26-7-5-8-27(26)9-6-16-10-18-19(33-15-32-18)11-17(16)23(24)26/h10-12,23-24H,5-9,13-15H2,1-4H3/t23-,24?,26+/m1/s1. The third kappa shape index (κ3) is 4.25. The Morgan fingerprint density at radius 2 is 1.91 bits per heavy atom. The molecular weight excluding hydrogens is 454 g/mol. The first-order valence-electron chi connectivity index (χ1n) is 12.1. The molecule has 1 aliphatic carbocycles. The Bertz CT molecular complexity index is 1050. The Kier molecular flexibility index (Phi) is 6.17. The molecule has 9 heteroatoms. The lowest BCUT2D eigenvalue weighted by Gasteiger charge is -2.39. The number of benzene rings is 1. The van der Waals surface area contributed by atoms with Crippen LogP contribution >= 0.6 is 0 Å². The molecule has 5 rings (SSSR count). The van der Waals surface area contributed by atoms with Crippen molar-refractivity contribution in [2.75, 3.05) is 40.7 Å². The van der Waals surface area contributed by atoms with Gasteiger partial charge in [0.15, 0.2) is 17.6 Å². The Balaban J connectivity index is 1.45. The quantitative estimate of drug-likeness (QED) is 0.538. The van der Waals surface area contributed by atoms with Gasteiger partial charge in [-0.05, 0) is 69.0 Å². The van der Waals surface area contributed by atoms with Crippen LogP contribution in [0, 0.1) is 0 Å². The van der Waals surface area contributed by atoms with Gasteiger partial charge in [-0.1, -0.05) is 0 Å². The highest BCUT2D eigenvalue weighted by atomic mass is 16.7. The fraction of sp³-hybridized carbons (Fsp3) is 0.615. The summed E-state index contributed by atoms with van der Waals surface area (Å²) < 4.78 is 33.6. The van der Waals surface area contributed by atoms with Gasteiger partial charge in [0.25, 0.3) is 0 Å². The van der Waals surface area contributed by atoms with Crippen LogP contribution < -0.4 is 9.47 Å². The Morgan fingerprint density at radius 3 is 2.66 bits per heavy atom. The molecule has 4 aliphatic rings. The molecule has 1 saturated heterocycles. The Labute approximate surface area is 205 Å². The maximum Gasteiger partial charge on any atom is 0.331 e. The van der Waals surface area contributed by atoms with Crippen LogP contribution in [-0.2, 0) is 35.0 Å². The molecule has 3 aliphatic heterocycles. The van der Waals surface area contributed by atoms with Crippen molar-refractivity contribution in [2.45, 2.75) is 62.7 Å². The summed E-state index contributed by atoms with van der Waals surface area (Å²) >= 11 is 0. The van der Waals surface area contributed by atoms with Gasteiger partial charge in [-0.2, -0.15) is 0 Å². The minimum Gasteiger partial charge on any atom is -0.497 e. The molecule has 0 amide bonds. The molecule has 0 saturated carbocycles. The van der Waals surface area contributed by atoms with Gasteiger partial charge < -0.3 is 28.4 Å². The van der Waals surface area contributed by atoms with Crippen LogP contribution in [-0.4, -0.2) is 74.8 Å². The van der Waals surface area contributed by atoms with Crippen molar-refractivity contribution in [3.63, 3.8) is 0 Å². The number of nitrogens with zero attached hydrogens (tertiary/aromatic N) is 1. The molecule has 1 aromatic carbocycles. The van der Waals surface area contributed by atoms with Gasteiger partial charge in [0, 0.05) is 6.54 Å². The maximum atomic E-state index is 13.2. The molecule has 1 spiro atoms. The van der Waals surface area contributed by atoms with E-state index in [2.05, 4.69) is 27.8 Å². The second kappa shape index (κ2) is 9.02. The molecule has 0 bridgehead atoms. The summed E-state index contributed by atoms with van der Waals surface area (Å²) in [6.07, 6.45) is 4.48. The van der Waals surface area contributed by atoms with Crippen LogP contribution in [0.3, 0.4) is 0 Å². The van der Waals surface area contributed by atoms with Crippen molar-refractivity contribution in [1.82, 2.24) is 4.90 Å². The molecule has 1 aromatic rings. The third-order valence-electron chi connectivity index (χ3n) is 7.60. The van der Waals surface area contributed by atoms with Gasteiger partial charge >= 0.3 is 11.9 Å². The van der Waals surface area contributed by atoms with E-state index in [1.54, 1.807) is 21.0 Å². The second-order valence-corrected chi connectivity index (χ2v) is 10.2. The number of fused-ring (bicyclic) bond motifs is 3. The maximum absolute atomic E-state index is 13.2. The second-order valence-electron chi connectivity index (χ2n) is 10.2. The average Bonchev–Trinajstić information content (AvgIpc) is 3.50. The number of rotatable bonds is 7. The highest BCUT2D eigenvalue weighted by Crippen LogP contribution is 2.55. The number of ether oxygens (including phenoxy) is 6. The largest absolute Gasteiger partial charge is 0.497 e. The van der Waals surface area contributed by atoms with Gasteiger partial charge in [-0.15, -0.1) is 0 Å². The first kappa shape index (κ1) is 23.9. The summed E-state index contributed by atoms with van der Waals surface area (Å²) in [4.78, 5) is 27.2. The van der Waals surface area contributed by atoms with E-state index in [1.165, 1.54) is 12.7 Å². The molecule has 3 atom stereocenters. The third-order valence-corrected chi connectivity index (χ3v) is 7.60. The number of methoxy groups -OCH3 is 2. The van der Waals surface area contributed by atoms with Crippen molar-refractivity contribution in [1.29, 1.82) is 0 Å². The van der Waals surface area contributed by atoms with E-state index < -0.39 is 23.6 Å². The fourth-order valence-corrected chi connectivity index (χ4v) is 5.99. The number of carbonyl (C=O) groups is 2. The van der Waals surface area contributed by atoms with Gasteiger partial charge in [-0.3, -0.25) is 9.69 Å². The molecule has 0 radical (unpaired) electrons. The SMILES string of the molecule is COC(=O)COC(C)(C)CC(=O)OC1C(OC)=C[C@]23CCCN2CCc2cc4c(cc2[C@H]13)OCO4. The first-order chi connectivity index (χ1) is 16.8. The topological polar surface area (TPSA) is 92.8 Å². The summed E-state index contributed by atoms with van der Waals surface area (Å²) in [6.45, 7) is 5.37. The minimum atomic E-state index is -0.898. The summed E-state index contributed by atoms with van der Waals surface area (Å²) in [6, 6.07) is 4.13. The van der Waals surface area contributed by atoms with Crippen LogP contribution in [0.4, 0.5) is 0 Å². The summed E-state index contributed by atoms with van der Waals surface area (Å²) in [7, 11) is 2.92. The molecule has 3 heterocycles. The fourth-order valence-electron chi connectivity index (χ4n) is 5.99. The molecule has 190 valence electrons. The number of carbonyl (C=O) groups excluding carboxylic acids is 2. The first-order valence-corrected chi connectivity index (χ1v) is 12.1. The highest BCUT2D eigenvalue weighted by molar-refractivity contribution is 5.72. The van der Waals surface area contributed by atoms with E-state index in [0.717, 1.165) is 49.4 Å². The lowest BCUT2D eigenvalue weighted by molar-refractivity contribution is -0.163. The van der Waals surface area contributed by atoms with Crippen molar-refractivity contribution >= 4 is 11.9 Å². The predicted molar refractivity (Wildman–Crippen MR) is 124 cm³/mol. The van der Waals surface area contributed by atoms with Crippen LogP contribution in [0.5, 0.6) is 11.5 Å². The van der Waals surface area contributed by atoms with Crippen molar-refractivity contribution < 1.29 is 38.0 Å². The smallest absolute Gasteiger partial charge is 0.331 e. The van der Waals surface area contributed by atoms with Crippen molar-refractivity contribution in [3.8, 4) is 11.5 Å². The summed E-state index contributed by atoms with van der Waals surface area (Å²) in [5, 5.41) is 0. The van der Waals surface area contributed by atoms with Crippen molar-refractivity contribution in [2.24, 2.45) is 0 Å². The molecule has 1 unspecified atom stereocenters. The van der Waals surface area contributed by atoms with Crippen LogP contribution in [0.1, 0.15) is 50.2 Å². The van der Waals surface area contributed by atoms with E-state index in [9.17, 15) is 9.59 Å². The van der Waals surface area contributed by atoms with E-state index in [4.69, 9.17) is 23.7 Å². The normalized spacial score (nSPS) is 26.8. The molecule has 0 aromatic heterocycles. The Morgan fingerprint density at radius 1 is 1.14 bits per heavy atom. The molecular formula is C26H33NO8. The predicted octanol–water partition coefficient (Wildman–Crippen LogP) is 2.70. The zero-order valence-corrected chi connectivity index (χ0v) is 20.8. The molecule has 1 fully saturated rings. The number of hydrogen-bond donors (Lipinski definition) is 0. The Hall–Kier alpha value is -2.78. The van der Waals surface area contributed by atoms with E-state index in [-0.39, 0.29) is 31.3 Å². The monoisotopic (exact) mass is 487 g/mol. The average molecular weight is 488 g/mol. The molecule has 9 nitrogen and oxygen atoms in total. The van der Waals surface area contributed by atoms with Crippen LogP contribution in [0.15, 0.2) is 24.0 Å². The van der Waals surface area contributed by atoms with Crippen LogP contribution in [0.2, 0.25) is 0 Å². The van der Waals surface area contributed by atoms with E-state index in [0.29, 0.717) is 5.76 Å². The number of esters is 2. The lowest BCUT2D eigenvalue weighted by Crippen LogP contribution is -2.47.